The highest BCUT2D eigenvalue weighted by Crippen LogP contribution is 2.20. The van der Waals surface area contributed by atoms with Crippen LogP contribution in [0.2, 0.25) is 0 Å². The smallest absolute Gasteiger partial charge is 0.409 e. The molecule has 0 bridgehead atoms. The topological polar surface area (TPSA) is 92.8 Å². The van der Waals surface area contributed by atoms with Crippen molar-refractivity contribution in [2.45, 2.75) is 25.8 Å². The molecule has 2 heterocycles. The molecule has 2 aromatic rings. The van der Waals surface area contributed by atoms with Gasteiger partial charge in [0.05, 0.1) is 31.2 Å². The van der Waals surface area contributed by atoms with E-state index < -0.39 is 0 Å². The van der Waals surface area contributed by atoms with E-state index in [2.05, 4.69) is 15.6 Å². The van der Waals surface area contributed by atoms with E-state index in [-0.39, 0.29) is 18.0 Å². The van der Waals surface area contributed by atoms with E-state index in [4.69, 9.17) is 9.47 Å². The lowest BCUT2D eigenvalue weighted by Gasteiger charge is -2.31. The summed E-state index contributed by atoms with van der Waals surface area (Å²) in [5, 5.41) is 6.26. The van der Waals surface area contributed by atoms with E-state index >= 15 is 0 Å². The van der Waals surface area contributed by atoms with Gasteiger partial charge in [0.1, 0.15) is 5.75 Å². The van der Waals surface area contributed by atoms with Crippen LogP contribution < -0.4 is 15.4 Å². The highest BCUT2D eigenvalue weighted by molar-refractivity contribution is 5.95. The fourth-order valence-electron chi connectivity index (χ4n) is 3.16. The van der Waals surface area contributed by atoms with Crippen LogP contribution in [0.15, 0.2) is 42.7 Å². The molecule has 0 atom stereocenters. The van der Waals surface area contributed by atoms with Crippen molar-refractivity contribution in [2.75, 3.05) is 32.1 Å². The Hall–Kier alpha value is -3.29. The summed E-state index contributed by atoms with van der Waals surface area (Å²) in [6.07, 6.45) is 4.31. The van der Waals surface area contributed by atoms with Gasteiger partial charge in [-0.15, -0.1) is 0 Å². The van der Waals surface area contributed by atoms with E-state index in [1.54, 1.807) is 37.4 Å². The molecule has 2 N–H and O–H groups in total. The Morgan fingerprint density at radius 3 is 2.52 bits per heavy atom. The minimum Gasteiger partial charge on any atom is -0.497 e. The lowest BCUT2D eigenvalue weighted by molar-refractivity contribution is 0.0860. The van der Waals surface area contributed by atoms with Crippen molar-refractivity contribution in [1.29, 1.82) is 0 Å². The maximum Gasteiger partial charge on any atom is 0.409 e. The number of piperidine rings is 1. The second kappa shape index (κ2) is 9.77. The van der Waals surface area contributed by atoms with Gasteiger partial charge in [-0.3, -0.25) is 9.78 Å². The predicted molar refractivity (Wildman–Crippen MR) is 110 cm³/mol. The molecule has 8 heteroatoms. The zero-order valence-electron chi connectivity index (χ0n) is 16.7. The van der Waals surface area contributed by atoms with Crippen LogP contribution in [-0.4, -0.2) is 54.7 Å². The molecule has 0 saturated carbocycles. The zero-order chi connectivity index (χ0) is 20.6. The monoisotopic (exact) mass is 398 g/mol. The van der Waals surface area contributed by atoms with Gasteiger partial charge in [-0.25, -0.2) is 4.79 Å². The number of methoxy groups -OCH3 is 1. The molecule has 0 radical (unpaired) electrons. The van der Waals surface area contributed by atoms with Gasteiger partial charge in [0.15, 0.2) is 0 Å². The van der Waals surface area contributed by atoms with Crippen molar-refractivity contribution in [2.24, 2.45) is 0 Å². The first-order valence-electron chi connectivity index (χ1n) is 9.67. The van der Waals surface area contributed by atoms with Crippen molar-refractivity contribution in [1.82, 2.24) is 15.2 Å². The summed E-state index contributed by atoms with van der Waals surface area (Å²) in [5.74, 6) is 0.598. The fraction of sp³-hybridized carbons (Fsp3) is 0.381. The largest absolute Gasteiger partial charge is 0.497 e. The number of aromatic nitrogens is 1. The third-order valence-corrected chi connectivity index (χ3v) is 4.74. The molecule has 1 saturated heterocycles. The lowest BCUT2D eigenvalue weighted by Crippen LogP contribution is -2.46. The number of ether oxygens (including phenoxy) is 2. The third kappa shape index (κ3) is 5.60. The van der Waals surface area contributed by atoms with Gasteiger partial charge >= 0.3 is 6.09 Å². The average Bonchev–Trinajstić information content (AvgIpc) is 2.75. The molecular formula is C21H26N4O4. The van der Waals surface area contributed by atoms with Gasteiger partial charge in [-0.2, -0.15) is 0 Å². The molecule has 8 nitrogen and oxygen atoms in total. The van der Waals surface area contributed by atoms with Crippen LogP contribution in [0.3, 0.4) is 0 Å². The minimum absolute atomic E-state index is 0.0198. The number of nitrogens with zero attached hydrogens (tertiary/aromatic N) is 2. The maximum atomic E-state index is 12.6. The number of rotatable bonds is 6. The molecule has 1 aliphatic rings. The normalized spacial score (nSPS) is 14.2. The van der Waals surface area contributed by atoms with Crippen LogP contribution in [0.5, 0.6) is 5.75 Å². The molecular weight excluding hydrogens is 372 g/mol. The first kappa shape index (κ1) is 20.4. The van der Waals surface area contributed by atoms with E-state index in [1.165, 1.54) is 0 Å². The van der Waals surface area contributed by atoms with Crippen molar-refractivity contribution in [3.8, 4) is 5.75 Å². The van der Waals surface area contributed by atoms with E-state index in [9.17, 15) is 9.59 Å². The van der Waals surface area contributed by atoms with Gasteiger partial charge in [-0.05, 0) is 50.1 Å². The summed E-state index contributed by atoms with van der Waals surface area (Å²) in [4.78, 5) is 30.2. The number of amides is 2. The number of benzene rings is 1. The molecule has 1 aromatic heterocycles. The fourth-order valence-corrected chi connectivity index (χ4v) is 3.16. The molecule has 0 spiro atoms. The minimum atomic E-state index is -0.293. The Labute approximate surface area is 170 Å². The Morgan fingerprint density at radius 1 is 1.14 bits per heavy atom. The van der Waals surface area contributed by atoms with Crippen LogP contribution in [-0.2, 0) is 4.74 Å². The second-order valence-electron chi connectivity index (χ2n) is 6.75. The van der Waals surface area contributed by atoms with Crippen LogP contribution in [0.1, 0.15) is 30.1 Å². The van der Waals surface area contributed by atoms with Gasteiger partial charge < -0.3 is 25.0 Å². The van der Waals surface area contributed by atoms with Crippen molar-refractivity contribution >= 4 is 23.4 Å². The Bertz CT molecular complexity index is 833. The number of pyridine rings is 1. The highest BCUT2D eigenvalue weighted by Gasteiger charge is 2.24. The Morgan fingerprint density at radius 2 is 1.86 bits per heavy atom. The van der Waals surface area contributed by atoms with Crippen LogP contribution in [0.4, 0.5) is 16.2 Å². The van der Waals surface area contributed by atoms with Crippen LogP contribution in [0.25, 0.3) is 0 Å². The van der Waals surface area contributed by atoms with E-state index in [0.29, 0.717) is 38.1 Å². The Kier molecular flexibility index (Phi) is 6.89. The summed E-state index contributed by atoms with van der Waals surface area (Å²) in [5.41, 5.74) is 2.08. The summed E-state index contributed by atoms with van der Waals surface area (Å²) < 4.78 is 10.2. The van der Waals surface area contributed by atoms with Gasteiger partial charge in [0.25, 0.3) is 5.91 Å². The number of nitrogens with one attached hydrogen (secondary N) is 2. The number of hydrogen-bond donors (Lipinski definition) is 2. The molecule has 0 aliphatic carbocycles. The van der Waals surface area contributed by atoms with Gasteiger partial charge in [-0.1, -0.05) is 0 Å². The molecule has 1 aromatic carbocycles. The zero-order valence-corrected chi connectivity index (χ0v) is 16.7. The number of likely N-dealkylation sites (tertiary alicyclic amines) is 1. The Balaban J connectivity index is 1.55. The molecule has 0 unspecified atom stereocenters. The molecule has 3 rings (SSSR count). The molecule has 29 heavy (non-hydrogen) atoms. The molecule has 1 aliphatic heterocycles. The number of carbonyl (C=O) groups excluding carboxylic acids is 2. The summed E-state index contributed by atoms with van der Waals surface area (Å²) >= 11 is 0. The number of hydrogen-bond acceptors (Lipinski definition) is 6. The first-order valence-corrected chi connectivity index (χ1v) is 9.67. The quantitative estimate of drug-likeness (QED) is 0.776. The van der Waals surface area contributed by atoms with E-state index in [1.807, 2.05) is 24.3 Å². The number of carbonyl (C=O) groups is 2. The average molecular weight is 398 g/mol. The SMILES string of the molecule is CCOC(=O)N1CCC(NC(=O)c2cncc(Nc3ccc(OC)cc3)c2)CC1. The third-order valence-electron chi connectivity index (χ3n) is 4.74. The second-order valence-corrected chi connectivity index (χ2v) is 6.75. The highest BCUT2D eigenvalue weighted by atomic mass is 16.6. The summed E-state index contributed by atoms with van der Waals surface area (Å²) in [6.45, 7) is 3.29. The first-order chi connectivity index (χ1) is 14.1. The standard InChI is InChI=1S/C21H26N4O4/c1-3-29-21(27)25-10-8-17(9-11-25)24-20(26)15-12-18(14-22-13-15)23-16-4-6-19(28-2)7-5-16/h4-7,12-14,17,23H,3,8-11H2,1-2H3,(H,24,26). The van der Waals surface area contributed by atoms with Crippen molar-refractivity contribution in [3.63, 3.8) is 0 Å². The summed E-state index contributed by atoms with van der Waals surface area (Å²) in [6, 6.07) is 9.28. The van der Waals surface area contributed by atoms with E-state index in [0.717, 1.165) is 17.1 Å². The van der Waals surface area contributed by atoms with Crippen LogP contribution in [0, 0.1) is 0 Å². The predicted octanol–water partition coefficient (Wildman–Crippen LogP) is 3.18. The molecule has 2 amide bonds. The molecule has 154 valence electrons. The molecule has 1 fully saturated rings. The van der Waals surface area contributed by atoms with Gasteiger partial charge in [0.2, 0.25) is 0 Å². The summed E-state index contributed by atoms with van der Waals surface area (Å²) in [7, 11) is 1.62. The lowest BCUT2D eigenvalue weighted by atomic mass is 10.0. The maximum absolute atomic E-state index is 12.6. The van der Waals surface area contributed by atoms with Crippen molar-refractivity contribution in [3.05, 3.63) is 48.3 Å². The number of anilines is 2. The van der Waals surface area contributed by atoms with Gasteiger partial charge in [0, 0.05) is 31.0 Å². The van der Waals surface area contributed by atoms with Crippen LogP contribution >= 0.6 is 0 Å². The van der Waals surface area contributed by atoms with Crippen molar-refractivity contribution < 1.29 is 19.1 Å².